The molecule has 2 amide bonds. The number of hydrogen-bond donors (Lipinski definition) is 1. The van der Waals surface area contributed by atoms with Crippen molar-refractivity contribution in [3.8, 4) is 0 Å². The first kappa shape index (κ1) is 11.4. The Hall–Kier alpha value is -1.07. The van der Waals surface area contributed by atoms with Crippen molar-refractivity contribution in [3.63, 3.8) is 0 Å². The van der Waals surface area contributed by atoms with E-state index in [1.165, 1.54) is 0 Å². The molecule has 1 aliphatic rings. The van der Waals surface area contributed by atoms with E-state index in [1.807, 2.05) is 18.4 Å². The van der Waals surface area contributed by atoms with Gasteiger partial charge in [-0.2, -0.15) is 11.3 Å². The monoisotopic (exact) mass is 240 g/mol. The molecule has 4 nitrogen and oxygen atoms in total. The van der Waals surface area contributed by atoms with Gasteiger partial charge in [0.05, 0.1) is 19.3 Å². The molecule has 0 radical (unpaired) electrons. The van der Waals surface area contributed by atoms with Crippen molar-refractivity contribution in [3.05, 3.63) is 22.4 Å². The highest BCUT2D eigenvalue weighted by Crippen LogP contribution is 2.15. The van der Waals surface area contributed by atoms with Gasteiger partial charge in [0.25, 0.3) is 0 Å². The third-order valence-electron chi connectivity index (χ3n) is 2.68. The molecule has 1 fully saturated rings. The smallest absolute Gasteiger partial charge is 0.318 e. The molecule has 1 unspecified atom stereocenters. The molecule has 5 heteroatoms. The van der Waals surface area contributed by atoms with Crippen LogP contribution in [0.3, 0.4) is 0 Å². The third-order valence-corrected chi connectivity index (χ3v) is 3.38. The summed E-state index contributed by atoms with van der Waals surface area (Å²) in [6.45, 7) is 4.64. The molecule has 1 N–H and O–H groups in total. The Morgan fingerprint density at radius 2 is 2.31 bits per heavy atom. The number of ether oxygens (including phenoxy) is 1. The Morgan fingerprint density at radius 1 is 1.56 bits per heavy atom. The van der Waals surface area contributed by atoms with Crippen LogP contribution in [0, 0.1) is 0 Å². The first-order valence-electron chi connectivity index (χ1n) is 5.42. The molecule has 2 heterocycles. The van der Waals surface area contributed by atoms with Crippen LogP contribution in [-0.4, -0.2) is 37.2 Å². The van der Waals surface area contributed by atoms with Crippen molar-refractivity contribution in [1.82, 2.24) is 10.2 Å². The van der Waals surface area contributed by atoms with Gasteiger partial charge < -0.3 is 15.0 Å². The zero-order valence-corrected chi connectivity index (χ0v) is 10.1. The Labute approximate surface area is 99.2 Å². The predicted octanol–water partition coefficient (Wildman–Crippen LogP) is 1.85. The maximum Gasteiger partial charge on any atom is 0.318 e. The van der Waals surface area contributed by atoms with E-state index in [2.05, 4.69) is 10.7 Å². The van der Waals surface area contributed by atoms with E-state index < -0.39 is 0 Å². The highest BCUT2D eigenvalue weighted by molar-refractivity contribution is 7.07. The molecule has 2 rings (SSSR count). The second kappa shape index (κ2) is 5.32. The standard InChI is InChI=1S/C11H16N2O2S/c1-9(10-2-7-16-8-10)12-11(14)13-3-5-15-6-4-13/h2,7-9H,3-6H2,1H3,(H,12,14). The van der Waals surface area contributed by atoms with Crippen molar-refractivity contribution >= 4 is 17.4 Å². The number of nitrogens with zero attached hydrogens (tertiary/aromatic N) is 1. The third kappa shape index (κ3) is 2.74. The minimum Gasteiger partial charge on any atom is -0.378 e. The molecule has 0 aliphatic carbocycles. The van der Waals surface area contributed by atoms with Crippen LogP contribution in [0.2, 0.25) is 0 Å². The molecule has 0 bridgehead atoms. The van der Waals surface area contributed by atoms with Gasteiger partial charge in [0.1, 0.15) is 0 Å². The van der Waals surface area contributed by atoms with Gasteiger partial charge in [0.15, 0.2) is 0 Å². The zero-order chi connectivity index (χ0) is 11.4. The predicted molar refractivity (Wildman–Crippen MR) is 63.7 cm³/mol. The molecule has 1 atom stereocenters. The SMILES string of the molecule is CC(NC(=O)N1CCOCC1)c1ccsc1. The van der Waals surface area contributed by atoms with Crippen molar-refractivity contribution in [2.24, 2.45) is 0 Å². The summed E-state index contributed by atoms with van der Waals surface area (Å²) in [6, 6.07) is 2.11. The molecule has 88 valence electrons. The van der Waals surface area contributed by atoms with Gasteiger partial charge in [-0.15, -0.1) is 0 Å². The van der Waals surface area contributed by atoms with Crippen molar-refractivity contribution < 1.29 is 9.53 Å². The Balaban J connectivity index is 1.86. The molecular weight excluding hydrogens is 224 g/mol. The first-order valence-corrected chi connectivity index (χ1v) is 6.37. The lowest BCUT2D eigenvalue weighted by Gasteiger charge is -2.28. The minimum absolute atomic E-state index is 0.00185. The molecule has 0 spiro atoms. The number of hydrogen-bond acceptors (Lipinski definition) is 3. The van der Waals surface area contributed by atoms with Crippen molar-refractivity contribution in [2.75, 3.05) is 26.3 Å². The van der Waals surface area contributed by atoms with Gasteiger partial charge in [-0.1, -0.05) is 0 Å². The molecule has 1 aromatic heterocycles. The highest BCUT2D eigenvalue weighted by atomic mass is 32.1. The summed E-state index contributed by atoms with van der Waals surface area (Å²) in [4.78, 5) is 13.7. The van der Waals surface area contributed by atoms with Gasteiger partial charge in [-0.25, -0.2) is 4.79 Å². The van der Waals surface area contributed by atoms with Crippen LogP contribution in [0.25, 0.3) is 0 Å². The summed E-state index contributed by atoms with van der Waals surface area (Å²) in [5.41, 5.74) is 1.16. The fourth-order valence-electron chi connectivity index (χ4n) is 1.65. The van der Waals surface area contributed by atoms with E-state index in [-0.39, 0.29) is 12.1 Å². The summed E-state index contributed by atoms with van der Waals surface area (Å²) in [5.74, 6) is 0. The quantitative estimate of drug-likeness (QED) is 0.857. The Bertz CT molecular complexity index is 334. The maximum atomic E-state index is 11.9. The lowest BCUT2D eigenvalue weighted by molar-refractivity contribution is 0.0526. The summed E-state index contributed by atoms with van der Waals surface area (Å²) in [7, 11) is 0. The molecule has 16 heavy (non-hydrogen) atoms. The lowest BCUT2D eigenvalue weighted by Crippen LogP contribution is -2.46. The molecule has 0 saturated carbocycles. The number of thiophene rings is 1. The molecule has 1 aliphatic heterocycles. The fraction of sp³-hybridized carbons (Fsp3) is 0.545. The summed E-state index contributed by atoms with van der Waals surface area (Å²) in [5, 5.41) is 7.07. The normalized spacial score (nSPS) is 18.2. The van der Waals surface area contributed by atoms with Crippen LogP contribution in [-0.2, 0) is 4.74 Å². The van der Waals surface area contributed by atoms with Gasteiger partial charge in [0.2, 0.25) is 0 Å². The largest absolute Gasteiger partial charge is 0.378 e. The van der Waals surface area contributed by atoms with E-state index in [0.29, 0.717) is 26.3 Å². The van der Waals surface area contributed by atoms with E-state index in [1.54, 1.807) is 16.2 Å². The maximum absolute atomic E-state index is 11.9. The number of rotatable bonds is 2. The van der Waals surface area contributed by atoms with E-state index in [4.69, 9.17) is 4.74 Å². The van der Waals surface area contributed by atoms with Crippen LogP contribution >= 0.6 is 11.3 Å². The number of carbonyl (C=O) groups excluding carboxylic acids is 1. The van der Waals surface area contributed by atoms with Gasteiger partial charge in [0, 0.05) is 13.1 Å². The highest BCUT2D eigenvalue weighted by Gasteiger charge is 2.18. The van der Waals surface area contributed by atoms with E-state index in [9.17, 15) is 4.79 Å². The number of amides is 2. The second-order valence-electron chi connectivity index (χ2n) is 3.83. The van der Waals surface area contributed by atoms with Crippen LogP contribution in [0.15, 0.2) is 16.8 Å². The van der Waals surface area contributed by atoms with E-state index >= 15 is 0 Å². The van der Waals surface area contributed by atoms with Crippen LogP contribution in [0.5, 0.6) is 0 Å². The fourth-order valence-corrected chi connectivity index (χ4v) is 2.40. The van der Waals surface area contributed by atoms with Gasteiger partial charge >= 0.3 is 6.03 Å². The van der Waals surface area contributed by atoms with Crippen LogP contribution < -0.4 is 5.32 Å². The molecule has 1 saturated heterocycles. The van der Waals surface area contributed by atoms with Gasteiger partial charge in [-0.05, 0) is 29.3 Å². The lowest BCUT2D eigenvalue weighted by atomic mass is 10.2. The second-order valence-corrected chi connectivity index (χ2v) is 4.61. The number of urea groups is 1. The topological polar surface area (TPSA) is 41.6 Å². The van der Waals surface area contributed by atoms with Crippen molar-refractivity contribution in [2.45, 2.75) is 13.0 Å². The summed E-state index contributed by atoms with van der Waals surface area (Å²) in [6.07, 6.45) is 0. The van der Waals surface area contributed by atoms with Crippen molar-refractivity contribution in [1.29, 1.82) is 0 Å². The average Bonchev–Trinajstić information content (AvgIpc) is 2.83. The Morgan fingerprint density at radius 3 is 2.94 bits per heavy atom. The van der Waals surface area contributed by atoms with E-state index in [0.717, 1.165) is 5.56 Å². The number of nitrogens with one attached hydrogen (secondary N) is 1. The number of morpholine rings is 1. The number of carbonyl (C=O) groups is 1. The zero-order valence-electron chi connectivity index (χ0n) is 9.31. The molecule has 1 aromatic rings. The summed E-state index contributed by atoms with van der Waals surface area (Å²) >= 11 is 1.65. The van der Waals surface area contributed by atoms with Crippen LogP contribution in [0.4, 0.5) is 4.79 Å². The molecule has 0 aromatic carbocycles. The average molecular weight is 240 g/mol. The van der Waals surface area contributed by atoms with Gasteiger partial charge in [-0.3, -0.25) is 0 Å². The van der Waals surface area contributed by atoms with Crippen LogP contribution in [0.1, 0.15) is 18.5 Å². The summed E-state index contributed by atoms with van der Waals surface area (Å²) < 4.78 is 5.21. The minimum atomic E-state index is 0.00185. The Kier molecular flexibility index (Phi) is 3.79. The first-order chi connectivity index (χ1) is 7.77. The molecular formula is C11H16N2O2S.